The van der Waals surface area contributed by atoms with Gasteiger partial charge in [0.1, 0.15) is 0 Å². The molecule has 1 fully saturated rings. The molecule has 6 heteroatoms. The number of aliphatic imine (C=N–C) groups is 1. The van der Waals surface area contributed by atoms with Gasteiger partial charge in [0.25, 0.3) is 0 Å². The lowest BCUT2D eigenvalue weighted by molar-refractivity contribution is 0.189. The smallest absolute Gasteiger partial charge is 0.194 e. The maximum atomic E-state index is 4.94. The number of hydrogen-bond acceptors (Lipinski definition) is 3. The highest BCUT2D eigenvalue weighted by atomic mass is 15.3. The van der Waals surface area contributed by atoms with Crippen LogP contribution in [0.2, 0.25) is 0 Å². The second-order valence-electron chi connectivity index (χ2n) is 7.52. The van der Waals surface area contributed by atoms with Gasteiger partial charge in [-0.2, -0.15) is 0 Å². The van der Waals surface area contributed by atoms with Gasteiger partial charge in [-0.3, -0.25) is 0 Å². The molecule has 3 rings (SSSR count). The van der Waals surface area contributed by atoms with E-state index in [0.717, 1.165) is 32.0 Å². The van der Waals surface area contributed by atoms with E-state index in [0.29, 0.717) is 18.5 Å². The number of guanidine groups is 1. The van der Waals surface area contributed by atoms with Crippen LogP contribution in [-0.4, -0.2) is 54.1 Å². The molecule has 1 aromatic carbocycles. The maximum absolute atomic E-state index is 4.94. The molecule has 1 aliphatic heterocycles. The molecule has 1 aliphatic rings. The average Bonchev–Trinajstić information content (AvgIpc) is 3.20. The van der Waals surface area contributed by atoms with E-state index in [1.807, 2.05) is 12.5 Å². The molecule has 1 N–H and O–H groups in total. The summed E-state index contributed by atoms with van der Waals surface area (Å²) in [6.07, 6.45) is 7.02. The Kier molecular flexibility index (Phi) is 6.37. The van der Waals surface area contributed by atoms with Crippen LogP contribution in [0.4, 0.5) is 5.69 Å². The van der Waals surface area contributed by atoms with Crippen LogP contribution in [0.15, 0.2) is 48.0 Å². The highest BCUT2D eigenvalue weighted by Gasteiger charge is 2.28. The number of nitrogens with one attached hydrogen (secondary N) is 1. The number of aromatic nitrogens is 2. The molecule has 0 bridgehead atoms. The zero-order valence-electron chi connectivity index (χ0n) is 17.0. The highest BCUT2D eigenvalue weighted by Crippen LogP contribution is 2.27. The summed E-state index contributed by atoms with van der Waals surface area (Å²) in [4.78, 5) is 13.7. The van der Waals surface area contributed by atoms with Gasteiger partial charge in [-0.15, -0.1) is 0 Å². The van der Waals surface area contributed by atoms with E-state index in [2.05, 4.69) is 83.1 Å². The third-order valence-electron chi connectivity index (χ3n) is 5.30. The number of likely N-dealkylation sites (tertiary alicyclic amines) is 1. The molecular formula is C21H32N6. The molecule has 2 heterocycles. The molecule has 2 aromatic rings. The molecule has 0 aliphatic carbocycles. The molecule has 6 nitrogen and oxygen atoms in total. The molecule has 27 heavy (non-hydrogen) atoms. The molecule has 1 saturated heterocycles. The van der Waals surface area contributed by atoms with Crippen molar-refractivity contribution in [2.24, 2.45) is 10.9 Å². The zero-order chi connectivity index (χ0) is 19.2. The Balaban J connectivity index is 1.74. The Labute approximate surface area is 162 Å². The Morgan fingerprint density at radius 3 is 2.93 bits per heavy atom. The van der Waals surface area contributed by atoms with Gasteiger partial charge in [0.2, 0.25) is 0 Å². The molecule has 2 atom stereocenters. The summed E-state index contributed by atoms with van der Waals surface area (Å²) in [5, 5.41) is 3.48. The highest BCUT2D eigenvalue weighted by molar-refractivity contribution is 5.80. The van der Waals surface area contributed by atoms with Crippen molar-refractivity contribution in [3.8, 4) is 0 Å². The zero-order valence-corrected chi connectivity index (χ0v) is 17.0. The number of piperidine rings is 1. The first-order valence-corrected chi connectivity index (χ1v) is 9.85. The van der Waals surface area contributed by atoms with Crippen LogP contribution in [0.1, 0.15) is 31.9 Å². The van der Waals surface area contributed by atoms with Gasteiger partial charge >= 0.3 is 0 Å². The second kappa shape index (κ2) is 8.93. The lowest BCUT2D eigenvalue weighted by Crippen LogP contribution is -2.49. The van der Waals surface area contributed by atoms with Gasteiger partial charge in [-0.25, -0.2) is 9.98 Å². The summed E-state index contributed by atoms with van der Waals surface area (Å²) in [6, 6.07) is 9.01. The SMILES string of the molecule is CCNC(=NCc1cccc(N(C)C)c1)N1CCC(C)C(n2ccnc2)C1. The molecule has 2 unspecified atom stereocenters. The van der Waals surface area contributed by atoms with Crippen molar-refractivity contribution in [2.75, 3.05) is 38.6 Å². The molecule has 1 aromatic heterocycles. The molecule has 146 valence electrons. The van der Waals surface area contributed by atoms with Gasteiger partial charge in [0.15, 0.2) is 5.96 Å². The van der Waals surface area contributed by atoms with Crippen molar-refractivity contribution in [3.05, 3.63) is 48.5 Å². The number of hydrogen-bond donors (Lipinski definition) is 1. The minimum atomic E-state index is 0.433. The van der Waals surface area contributed by atoms with Crippen molar-refractivity contribution in [1.82, 2.24) is 19.8 Å². The lowest BCUT2D eigenvalue weighted by Gasteiger charge is -2.39. The van der Waals surface area contributed by atoms with Crippen LogP contribution in [0.3, 0.4) is 0 Å². The molecule has 0 amide bonds. The van der Waals surface area contributed by atoms with Gasteiger partial charge in [0, 0.05) is 51.8 Å². The normalized spacial score (nSPS) is 20.6. The minimum absolute atomic E-state index is 0.433. The van der Waals surface area contributed by atoms with Crippen LogP contribution in [0, 0.1) is 5.92 Å². The summed E-state index contributed by atoms with van der Waals surface area (Å²) in [5.41, 5.74) is 2.44. The summed E-state index contributed by atoms with van der Waals surface area (Å²) in [7, 11) is 4.13. The first-order valence-electron chi connectivity index (χ1n) is 9.85. The standard InChI is InChI=1S/C21H32N6/c1-5-23-21(24-14-18-7-6-8-19(13-18)25(3)4)26-11-9-17(2)20(15-26)27-12-10-22-16-27/h6-8,10,12-13,16-17,20H,5,9,11,14-15H2,1-4H3,(H,23,24). The number of imidazole rings is 1. The van der Waals surface area contributed by atoms with E-state index in [1.54, 1.807) is 0 Å². The fourth-order valence-electron chi connectivity index (χ4n) is 3.62. The van der Waals surface area contributed by atoms with E-state index >= 15 is 0 Å². The van der Waals surface area contributed by atoms with Crippen LogP contribution in [0.5, 0.6) is 0 Å². The average molecular weight is 369 g/mol. The monoisotopic (exact) mass is 368 g/mol. The molecule has 0 radical (unpaired) electrons. The van der Waals surface area contributed by atoms with Crippen molar-refractivity contribution in [3.63, 3.8) is 0 Å². The lowest BCUT2D eigenvalue weighted by atomic mass is 9.93. The fraction of sp³-hybridized carbons (Fsp3) is 0.524. The van der Waals surface area contributed by atoms with Crippen LogP contribution in [-0.2, 0) is 6.54 Å². The van der Waals surface area contributed by atoms with Gasteiger partial charge in [0.05, 0.1) is 18.9 Å². The number of nitrogens with zero attached hydrogens (tertiary/aromatic N) is 5. The minimum Gasteiger partial charge on any atom is -0.378 e. The Bertz CT molecular complexity index is 737. The third-order valence-corrected chi connectivity index (χ3v) is 5.30. The molecular weight excluding hydrogens is 336 g/mol. The van der Waals surface area contributed by atoms with Gasteiger partial charge in [-0.05, 0) is 37.0 Å². The molecule has 0 saturated carbocycles. The van der Waals surface area contributed by atoms with Crippen molar-refractivity contribution < 1.29 is 0 Å². The summed E-state index contributed by atoms with van der Waals surface area (Å²) < 4.78 is 2.24. The van der Waals surface area contributed by atoms with Crippen LogP contribution >= 0.6 is 0 Å². The topological polar surface area (TPSA) is 48.7 Å². The van der Waals surface area contributed by atoms with E-state index in [-0.39, 0.29) is 0 Å². The van der Waals surface area contributed by atoms with Gasteiger partial charge in [-0.1, -0.05) is 19.1 Å². The predicted molar refractivity (Wildman–Crippen MR) is 112 cm³/mol. The van der Waals surface area contributed by atoms with Crippen molar-refractivity contribution in [1.29, 1.82) is 0 Å². The van der Waals surface area contributed by atoms with Crippen molar-refractivity contribution in [2.45, 2.75) is 32.9 Å². The largest absolute Gasteiger partial charge is 0.378 e. The van der Waals surface area contributed by atoms with E-state index in [4.69, 9.17) is 4.99 Å². The number of benzene rings is 1. The second-order valence-corrected chi connectivity index (χ2v) is 7.52. The predicted octanol–water partition coefficient (Wildman–Crippen LogP) is 3.00. The number of rotatable bonds is 5. The summed E-state index contributed by atoms with van der Waals surface area (Å²) >= 11 is 0. The van der Waals surface area contributed by atoms with Crippen molar-refractivity contribution >= 4 is 11.6 Å². The summed E-state index contributed by atoms with van der Waals surface area (Å²) in [5.74, 6) is 1.64. The third kappa shape index (κ3) is 4.81. The number of anilines is 1. The van der Waals surface area contributed by atoms with Crippen LogP contribution < -0.4 is 10.2 Å². The first-order chi connectivity index (χ1) is 13.1. The molecule has 0 spiro atoms. The van der Waals surface area contributed by atoms with Crippen LogP contribution in [0.25, 0.3) is 0 Å². The Hall–Kier alpha value is -2.50. The summed E-state index contributed by atoms with van der Waals surface area (Å²) in [6.45, 7) is 8.02. The first kappa shape index (κ1) is 19.3. The van der Waals surface area contributed by atoms with E-state index in [1.165, 1.54) is 11.3 Å². The van der Waals surface area contributed by atoms with E-state index in [9.17, 15) is 0 Å². The Morgan fingerprint density at radius 2 is 2.22 bits per heavy atom. The quantitative estimate of drug-likeness (QED) is 0.651. The van der Waals surface area contributed by atoms with E-state index < -0.39 is 0 Å². The fourth-order valence-corrected chi connectivity index (χ4v) is 3.62. The maximum Gasteiger partial charge on any atom is 0.194 e. The Morgan fingerprint density at radius 1 is 1.37 bits per heavy atom. The van der Waals surface area contributed by atoms with Gasteiger partial charge < -0.3 is 19.7 Å².